The molecule has 3 aromatic rings. The Morgan fingerprint density at radius 2 is 1.73 bits per heavy atom. The third-order valence-electron chi connectivity index (χ3n) is 4.17. The molecule has 0 atom stereocenters. The van der Waals surface area contributed by atoms with Crippen LogP contribution >= 0.6 is 34.5 Å². The molecule has 30 heavy (non-hydrogen) atoms. The molecular formula is C22H17Cl2NO4S. The summed E-state index contributed by atoms with van der Waals surface area (Å²) in [6.45, 7) is 3.79. The van der Waals surface area contributed by atoms with Gasteiger partial charge in [0.25, 0.3) is 0 Å². The number of aromatic hydroxyl groups is 1. The van der Waals surface area contributed by atoms with Gasteiger partial charge in [-0.2, -0.15) is 9.59 Å². The molecule has 0 aliphatic rings. The van der Waals surface area contributed by atoms with Crippen LogP contribution in [0, 0.1) is 6.92 Å². The first-order chi connectivity index (χ1) is 14.3. The molecular weight excluding hydrogens is 445 g/mol. The molecule has 0 spiro atoms. The molecule has 1 aromatic heterocycles. The summed E-state index contributed by atoms with van der Waals surface area (Å²) in [6.07, 6.45) is 0.250. The summed E-state index contributed by atoms with van der Waals surface area (Å²) in [5.41, 5.74) is 3.72. The number of hydrogen-bond acceptors (Lipinski definition) is 6. The number of rotatable bonds is 5. The third-order valence-corrected chi connectivity index (χ3v) is 5.93. The largest absolute Gasteiger partial charge is 0.506 e. The van der Waals surface area contributed by atoms with Gasteiger partial charge in [-0.3, -0.25) is 9.79 Å². The number of thiophene rings is 1. The Labute approximate surface area is 187 Å². The van der Waals surface area contributed by atoms with Gasteiger partial charge in [0.05, 0.1) is 14.9 Å². The standard InChI is InChI=1S/C21H17Cl2NO2S.CO2/c1-12-3-5-14(6-4-12)19(25)10-24-13(2)16-11-27-21(20(16)26)15-7-8-17(22)18(23)9-15;2-1-3/h3-9,11,26H,10H2,1-2H3;. The molecule has 0 saturated carbocycles. The number of aryl methyl sites for hydroxylation is 1. The summed E-state index contributed by atoms with van der Waals surface area (Å²) in [7, 11) is 0. The predicted octanol–water partition coefficient (Wildman–Crippen LogP) is 5.84. The monoisotopic (exact) mass is 461 g/mol. The van der Waals surface area contributed by atoms with Crippen molar-refractivity contribution in [3.05, 3.63) is 74.6 Å². The van der Waals surface area contributed by atoms with Crippen LogP contribution in [0.15, 0.2) is 52.8 Å². The third kappa shape index (κ3) is 5.88. The molecule has 0 bridgehead atoms. The zero-order valence-electron chi connectivity index (χ0n) is 16.1. The highest BCUT2D eigenvalue weighted by atomic mass is 35.5. The second-order valence-electron chi connectivity index (χ2n) is 6.23. The maximum atomic E-state index is 12.3. The van der Waals surface area contributed by atoms with Gasteiger partial charge >= 0.3 is 6.15 Å². The van der Waals surface area contributed by atoms with Crippen molar-refractivity contribution in [2.45, 2.75) is 13.8 Å². The fourth-order valence-corrected chi connectivity index (χ4v) is 3.86. The van der Waals surface area contributed by atoms with Crippen LogP contribution in [-0.4, -0.2) is 29.3 Å². The van der Waals surface area contributed by atoms with Crippen LogP contribution in [0.4, 0.5) is 0 Å². The zero-order chi connectivity index (χ0) is 22.3. The summed E-state index contributed by atoms with van der Waals surface area (Å²) in [4.78, 5) is 33.6. The van der Waals surface area contributed by atoms with E-state index in [1.807, 2.05) is 24.4 Å². The van der Waals surface area contributed by atoms with Gasteiger partial charge in [-0.15, -0.1) is 11.3 Å². The van der Waals surface area contributed by atoms with Gasteiger partial charge in [0.2, 0.25) is 0 Å². The quantitative estimate of drug-likeness (QED) is 0.381. The van der Waals surface area contributed by atoms with E-state index < -0.39 is 0 Å². The molecule has 0 amide bonds. The van der Waals surface area contributed by atoms with Crippen molar-refractivity contribution >= 4 is 52.2 Å². The summed E-state index contributed by atoms with van der Waals surface area (Å²) < 4.78 is 0. The van der Waals surface area contributed by atoms with Gasteiger partial charge < -0.3 is 5.11 Å². The molecule has 0 unspecified atom stereocenters. The molecule has 2 aromatic carbocycles. The Morgan fingerprint density at radius 3 is 2.33 bits per heavy atom. The fourth-order valence-electron chi connectivity index (χ4n) is 2.56. The lowest BCUT2D eigenvalue weighted by Gasteiger charge is -2.04. The summed E-state index contributed by atoms with van der Waals surface area (Å²) >= 11 is 13.4. The lowest BCUT2D eigenvalue weighted by molar-refractivity contribution is -0.191. The topological polar surface area (TPSA) is 83.8 Å². The van der Waals surface area contributed by atoms with Gasteiger partial charge in [-0.25, -0.2) is 0 Å². The maximum Gasteiger partial charge on any atom is 0.373 e. The Morgan fingerprint density at radius 1 is 1.10 bits per heavy atom. The minimum absolute atomic E-state index is 0.0340. The lowest BCUT2D eigenvalue weighted by Crippen LogP contribution is -2.06. The van der Waals surface area contributed by atoms with Crippen molar-refractivity contribution in [2.75, 3.05) is 6.54 Å². The van der Waals surface area contributed by atoms with E-state index in [0.29, 0.717) is 31.8 Å². The van der Waals surface area contributed by atoms with E-state index >= 15 is 0 Å². The van der Waals surface area contributed by atoms with Crippen LogP contribution in [0.1, 0.15) is 28.4 Å². The normalized spacial score (nSPS) is 10.7. The first kappa shape index (κ1) is 23.5. The zero-order valence-corrected chi connectivity index (χ0v) is 18.4. The molecule has 5 nitrogen and oxygen atoms in total. The molecule has 3 rings (SSSR count). The summed E-state index contributed by atoms with van der Waals surface area (Å²) in [6, 6.07) is 12.6. The highest BCUT2D eigenvalue weighted by Gasteiger charge is 2.16. The van der Waals surface area contributed by atoms with E-state index in [0.717, 1.165) is 11.1 Å². The van der Waals surface area contributed by atoms with Crippen LogP contribution in [0.3, 0.4) is 0 Å². The van der Waals surface area contributed by atoms with Crippen molar-refractivity contribution < 1.29 is 19.5 Å². The smallest absolute Gasteiger partial charge is 0.373 e. The molecule has 154 valence electrons. The second kappa shape index (κ2) is 10.9. The number of carbonyl (C=O) groups is 1. The van der Waals surface area contributed by atoms with Crippen LogP contribution in [-0.2, 0) is 9.59 Å². The number of nitrogens with zero attached hydrogens (tertiary/aromatic N) is 1. The lowest BCUT2D eigenvalue weighted by atomic mass is 10.1. The van der Waals surface area contributed by atoms with E-state index in [9.17, 15) is 9.90 Å². The summed E-state index contributed by atoms with van der Waals surface area (Å²) in [5.74, 6) is 0.0659. The van der Waals surface area contributed by atoms with Crippen molar-refractivity contribution in [1.29, 1.82) is 0 Å². The second-order valence-corrected chi connectivity index (χ2v) is 7.92. The van der Waals surface area contributed by atoms with Gasteiger partial charge in [0, 0.05) is 22.2 Å². The van der Waals surface area contributed by atoms with E-state index in [2.05, 4.69) is 4.99 Å². The Bertz CT molecular complexity index is 1110. The Hall–Kier alpha value is -2.76. The van der Waals surface area contributed by atoms with Crippen LogP contribution in [0.25, 0.3) is 10.4 Å². The average molecular weight is 462 g/mol. The summed E-state index contributed by atoms with van der Waals surface area (Å²) in [5, 5.41) is 13.3. The van der Waals surface area contributed by atoms with Gasteiger partial charge in [0.15, 0.2) is 5.78 Å². The first-order valence-corrected chi connectivity index (χ1v) is 10.3. The van der Waals surface area contributed by atoms with E-state index in [1.54, 1.807) is 37.3 Å². The highest BCUT2D eigenvalue weighted by Crippen LogP contribution is 2.40. The number of ketones is 1. The maximum absolute atomic E-state index is 12.3. The fraction of sp³-hybridized carbons (Fsp3) is 0.136. The minimum Gasteiger partial charge on any atom is -0.506 e. The van der Waals surface area contributed by atoms with E-state index in [1.165, 1.54) is 11.3 Å². The minimum atomic E-state index is -0.0613. The molecule has 0 saturated heterocycles. The molecule has 1 heterocycles. The van der Waals surface area contributed by atoms with Gasteiger partial charge in [0.1, 0.15) is 12.3 Å². The molecule has 0 radical (unpaired) electrons. The Kier molecular flexibility index (Phi) is 8.51. The number of Topliss-reactive ketones (excluding diaryl/α,β-unsaturated/α-hetero) is 1. The van der Waals surface area contributed by atoms with Crippen molar-refractivity contribution in [1.82, 2.24) is 0 Å². The van der Waals surface area contributed by atoms with Gasteiger partial charge in [-0.05, 0) is 31.5 Å². The predicted molar refractivity (Wildman–Crippen MR) is 119 cm³/mol. The van der Waals surface area contributed by atoms with Crippen molar-refractivity contribution in [3.63, 3.8) is 0 Å². The molecule has 0 aliphatic carbocycles. The first-order valence-electron chi connectivity index (χ1n) is 8.65. The molecule has 8 heteroatoms. The molecule has 0 aliphatic heterocycles. The molecule has 1 N–H and O–H groups in total. The van der Waals surface area contributed by atoms with Crippen LogP contribution in [0.5, 0.6) is 5.75 Å². The van der Waals surface area contributed by atoms with E-state index in [4.69, 9.17) is 32.8 Å². The number of carbonyl (C=O) groups excluding carboxylic acids is 3. The van der Waals surface area contributed by atoms with Crippen molar-refractivity contribution in [2.24, 2.45) is 4.99 Å². The molecule has 0 fully saturated rings. The number of benzene rings is 2. The van der Waals surface area contributed by atoms with Crippen LogP contribution in [0.2, 0.25) is 10.0 Å². The number of halogens is 2. The number of aliphatic imine (C=N–C) groups is 1. The average Bonchev–Trinajstić information content (AvgIpc) is 3.10. The SMILES string of the molecule is CC(=NCC(=O)c1ccc(C)cc1)c1csc(-c2ccc(Cl)c(Cl)c2)c1O.O=C=O. The van der Waals surface area contributed by atoms with Crippen LogP contribution < -0.4 is 0 Å². The van der Waals surface area contributed by atoms with E-state index in [-0.39, 0.29) is 24.2 Å². The highest BCUT2D eigenvalue weighted by molar-refractivity contribution is 7.14. The van der Waals surface area contributed by atoms with Crippen molar-refractivity contribution in [3.8, 4) is 16.2 Å². The number of hydrogen-bond donors (Lipinski definition) is 1. The van der Waals surface area contributed by atoms with Gasteiger partial charge in [-0.1, -0.05) is 59.1 Å². The Balaban J connectivity index is 0.00000101.